The number of alkyl halides is 1. The van der Waals surface area contributed by atoms with Crippen LogP contribution in [0.25, 0.3) is 0 Å². The molecule has 0 amide bonds. The van der Waals surface area contributed by atoms with Crippen LogP contribution in [-0.2, 0) is 5.41 Å². The van der Waals surface area contributed by atoms with Gasteiger partial charge in [-0.3, -0.25) is 0 Å². The Balaban J connectivity index is 2.27. The lowest BCUT2D eigenvalue weighted by Gasteiger charge is -2.00. The Bertz CT molecular complexity index is 218. The molecule has 0 bridgehead atoms. The minimum atomic E-state index is -0.392. The largest absolute Gasteiger partial charge is 0.339 e. The highest BCUT2D eigenvalue weighted by Crippen LogP contribution is 2.47. The smallest absolute Gasteiger partial charge is 0.235 e. The average Bonchev–Trinajstić information content (AvgIpc) is 2.58. The number of aromatic nitrogens is 2. The van der Waals surface area contributed by atoms with E-state index >= 15 is 0 Å². The van der Waals surface area contributed by atoms with E-state index in [0.717, 1.165) is 12.8 Å². The van der Waals surface area contributed by atoms with Crippen molar-refractivity contribution < 1.29 is 8.91 Å². The van der Waals surface area contributed by atoms with Crippen LogP contribution in [0.4, 0.5) is 4.39 Å². The molecule has 1 aromatic heterocycles. The third-order valence-electron chi connectivity index (χ3n) is 1.92. The van der Waals surface area contributed by atoms with E-state index in [1.807, 2.05) is 0 Å². The van der Waals surface area contributed by atoms with E-state index in [4.69, 9.17) is 4.52 Å². The topological polar surface area (TPSA) is 38.9 Å². The third kappa shape index (κ3) is 0.647. The molecule has 0 aromatic carbocycles. The fraction of sp³-hybridized carbons (Fsp3) is 0.667. The maximum atomic E-state index is 12.3. The molecule has 0 saturated heterocycles. The van der Waals surface area contributed by atoms with Gasteiger partial charge in [-0.05, 0) is 12.8 Å². The van der Waals surface area contributed by atoms with Gasteiger partial charge in [-0.1, -0.05) is 5.16 Å². The molecule has 0 radical (unpaired) electrons. The average molecular weight is 142 g/mol. The zero-order chi connectivity index (χ0) is 7.03. The molecule has 1 fully saturated rings. The summed E-state index contributed by atoms with van der Waals surface area (Å²) in [4.78, 5) is 3.80. The maximum Gasteiger partial charge on any atom is 0.235 e. The number of nitrogens with zero attached hydrogens (tertiary/aromatic N) is 2. The Morgan fingerprint density at radius 1 is 1.70 bits per heavy atom. The molecule has 1 aliphatic rings. The van der Waals surface area contributed by atoms with Gasteiger partial charge in [-0.2, -0.15) is 4.98 Å². The first-order chi connectivity index (χ1) is 4.87. The zero-order valence-electron chi connectivity index (χ0n) is 5.38. The molecule has 1 aromatic rings. The lowest BCUT2D eigenvalue weighted by Crippen LogP contribution is -2.08. The minimum absolute atomic E-state index is 0.380. The van der Waals surface area contributed by atoms with Gasteiger partial charge in [0.2, 0.25) is 5.89 Å². The monoisotopic (exact) mass is 142 g/mol. The summed E-state index contributed by atoms with van der Waals surface area (Å²) >= 11 is 0. The summed E-state index contributed by atoms with van der Waals surface area (Å²) in [6, 6.07) is 0. The molecule has 54 valence electrons. The second-order valence-electron chi connectivity index (χ2n) is 2.66. The summed E-state index contributed by atoms with van der Waals surface area (Å²) in [6.45, 7) is -0.380. The van der Waals surface area contributed by atoms with E-state index in [9.17, 15) is 4.39 Å². The number of halogens is 1. The van der Waals surface area contributed by atoms with E-state index in [0.29, 0.717) is 5.89 Å². The molecular weight excluding hydrogens is 135 g/mol. The molecule has 1 aliphatic carbocycles. The predicted octanol–water partition coefficient (Wildman–Crippen LogP) is 1.07. The Morgan fingerprint density at radius 2 is 2.50 bits per heavy atom. The molecule has 10 heavy (non-hydrogen) atoms. The number of rotatable bonds is 2. The van der Waals surface area contributed by atoms with Gasteiger partial charge >= 0.3 is 0 Å². The first-order valence-corrected chi connectivity index (χ1v) is 3.20. The summed E-state index contributed by atoms with van der Waals surface area (Å²) in [5.41, 5.74) is -0.392. The SMILES string of the molecule is FCC1(c2ncno2)CC1. The van der Waals surface area contributed by atoms with E-state index in [1.54, 1.807) is 0 Å². The van der Waals surface area contributed by atoms with Crippen molar-refractivity contribution in [1.82, 2.24) is 10.1 Å². The highest BCUT2D eigenvalue weighted by atomic mass is 19.1. The van der Waals surface area contributed by atoms with Crippen molar-refractivity contribution in [3.05, 3.63) is 12.2 Å². The number of hydrogen-bond donors (Lipinski definition) is 0. The maximum absolute atomic E-state index is 12.3. The molecule has 1 saturated carbocycles. The summed E-state index contributed by atoms with van der Waals surface area (Å²) in [5.74, 6) is 0.454. The van der Waals surface area contributed by atoms with E-state index in [1.165, 1.54) is 6.33 Å². The van der Waals surface area contributed by atoms with Crippen molar-refractivity contribution in [2.24, 2.45) is 0 Å². The van der Waals surface area contributed by atoms with Crippen molar-refractivity contribution in [2.75, 3.05) is 6.67 Å². The van der Waals surface area contributed by atoms with Crippen molar-refractivity contribution >= 4 is 0 Å². The molecule has 0 spiro atoms. The Morgan fingerprint density at radius 3 is 2.90 bits per heavy atom. The van der Waals surface area contributed by atoms with Crippen LogP contribution in [0.3, 0.4) is 0 Å². The molecule has 0 atom stereocenters. The normalized spacial score (nSPS) is 20.9. The summed E-state index contributed by atoms with van der Waals surface area (Å²) in [5, 5.41) is 3.42. The molecule has 0 aliphatic heterocycles. The van der Waals surface area contributed by atoms with Gasteiger partial charge in [0.05, 0.1) is 5.41 Å². The van der Waals surface area contributed by atoms with Crippen LogP contribution in [0.15, 0.2) is 10.9 Å². The molecule has 0 unspecified atom stereocenters. The molecule has 3 nitrogen and oxygen atoms in total. The Labute approximate surface area is 57.2 Å². The lowest BCUT2D eigenvalue weighted by atomic mass is 10.1. The van der Waals surface area contributed by atoms with Crippen molar-refractivity contribution in [2.45, 2.75) is 18.3 Å². The van der Waals surface area contributed by atoms with Crippen LogP contribution in [0.5, 0.6) is 0 Å². The second-order valence-corrected chi connectivity index (χ2v) is 2.66. The molecular formula is C6H7FN2O. The first kappa shape index (κ1) is 5.82. The fourth-order valence-corrected chi connectivity index (χ4v) is 0.962. The van der Waals surface area contributed by atoms with Crippen LogP contribution >= 0.6 is 0 Å². The molecule has 0 N–H and O–H groups in total. The second kappa shape index (κ2) is 1.78. The Kier molecular flexibility index (Phi) is 1.03. The van der Waals surface area contributed by atoms with E-state index in [2.05, 4.69) is 10.1 Å². The summed E-state index contributed by atoms with van der Waals surface area (Å²) < 4.78 is 17.0. The highest BCUT2D eigenvalue weighted by Gasteiger charge is 2.49. The van der Waals surface area contributed by atoms with E-state index in [-0.39, 0.29) is 6.67 Å². The minimum Gasteiger partial charge on any atom is -0.339 e. The van der Waals surface area contributed by atoms with Crippen molar-refractivity contribution in [3.63, 3.8) is 0 Å². The van der Waals surface area contributed by atoms with Gasteiger partial charge in [0, 0.05) is 0 Å². The van der Waals surface area contributed by atoms with Crippen LogP contribution in [0.2, 0.25) is 0 Å². The third-order valence-corrected chi connectivity index (χ3v) is 1.92. The van der Waals surface area contributed by atoms with Crippen molar-refractivity contribution in [1.29, 1.82) is 0 Å². The van der Waals surface area contributed by atoms with Crippen LogP contribution in [-0.4, -0.2) is 16.8 Å². The van der Waals surface area contributed by atoms with Gasteiger partial charge < -0.3 is 4.52 Å². The molecule has 4 heteroatoms. The van der Waals surface area contributed by atoms with Crippen LogP contribution < -0.4 is 0 Å². The Hall–Kier alpha value is -0.930. The standard InChI is InChI=1S/C6H7FN2O/c7-3-6(1-2-6)5-8-4-9-10-5/h4H,1-3H2. The van der Waals surface area contributed by atoms with Gasteiger partial charge in [-0.15, -0.1) is 0 Å². The van der Waals surface area contributed by atoms with Gasteiger partial charge in [0.25, 0.3) is 0 Å². The van der Waals surface area contributed by atoms with E-state index < -0.39 is 5.41 Å². The summed E-state index contributed by atoms with van der Waals surface area (Å²) in [7, 11) is 0. The van der Waals surface area contributed by atoms with Gasteiger partial charge in [0.15, 0.2) is 6.33 Å². The fourth-order valence-electron chi connectivity index (χ4n) is 0.962. The van der Waals surface area contributed by atoms with Crippen LogP contribution in [0, 0.1) is 0 Å². The molecule has 1 heterocycles. The first-order valence-electron chi connectivity index (χ1n) is 3.20. The summed E-state index contributed by atoms with van der Waals surface area (Å²) in [6.07, 6.45) is 2.99. The van der Waals surface area contributed by atoms with Crippen LogP contribution in [0.1, 0.15) is 18.7 Å². The van der Waals surface area contributed by atoms with Gasteiger partial charge in [0.1, 0.15) is 6.67 Å². The van der Waals surface area contributed by atoms with Crippen molar-refractivity contribution in [3.8, 4) is 0 Å². The zero-order valence-corrected chi connectivity index (χ0v) is 5.38. The van der Waals surface area contributed by atoms with Gasteiger partial charge in [-0.25, -0.2) is 4.39 Å². The molecule has 2 rings (SSSR count). The predicted molar refractivity (Wildman–Crippen MR) is 31.2 cm³/mol. The highest BCUT2D eigenvalue weighted by molar-refractivity contribution is 5.14. The number of hydrogen-bond acceptors (Lipinski definition) is 3. The lowest BCUT2D eigenvalue weighted by molar-refractivity contribution is 0.306. The quantitative estimate of drug-likeness (QED) is 0.620.